The van der Waals surface area contributed by atoms with E-state index in [0.717, 1.165) is 25.1 Å². The number of likely N-dealkylation sites (tertiary alicyclic amines) is 1. The highest BCUT2D eigenvalue weighted by Crippen LogP contribution is 2.15. The van der Waals surface area contributed by atoms with E-state index in [2.05, 4.69) is 15.6 Å². The first-order valence-corrected chi connectivity index (χ1v) is 11.1. The first kappa shape index (κ1) is 22.2. The van der Waals surface area contributed by atoms with Crippen LogP contribution in [0.15, 0.2) is 34.2 Å². The number of carbonyl (C=O) groups excluding carboxylic acids is 1. The SMILES string of the molecule is CCNC(=NCc1ccc(S(=O)(=O)N(C)C)cc1)NC1CCN(C(=O)CC)C1. The molecule has 1 atom stereocenters. The van der Waals surface area contributed by atoms with E-state index < -0.39 is 10.0 Å². The fraction of sp³-hybridized carbons (Fsp3) is 0.579. The monoisotopic (exact) mass is 409 g/mol. The lowest BCUT2D eigenvalue weighted by Crippen LogP contribution is -2.45. The minimum absolute atomic E-state index is 0.180. The predicted molar refractivity (Wildman–Crippen MR) is 111 cm³/mol. The Morgan fingerprint density at radius 2 is 1.93 bits per heavy atom. The van der Waals surface area contributed by atoms with Gasteiger partial charge in [0.05, 0.1) is 11.4 Å². The summed E-state index contributed by atoms with van der Waals surface area (Å²) >= 11 is 0. The number of sulfonamides is 1. The van der Waals surface area contributed by atoms with Crippen LogP contribution in [0.1, 0.15) is 32.3 Å². The highest BCUT2D eigenvalue weighted by molar-refractivity contribution is 7.89. The normalized spacial score (nSPS) is 17.8. The van der Waals surface area contributed by atoms with Crippen LogP contribution in [0.25, 0.3) is 0 Å². The van der Waals surface area contributed by atoms with Crippen molar-refractivity contribution in [2.45, 2.75) is 44.2 Å². The number of hydrogen-bond donors (Lipinski definition) is 2. The van der Waals surface area contributed by atoms with Crippen molar-refractivity contribution < 1.29 is 13.2 Å². The number of aliphatic imine (C=N–C) groups is 1. The molecule has 0 spiro atoms. The van der Waals surface area contributed by atoms with Crippen molar-refractivity contribution in [2.75, 3.05) is 33.7 Å². The molecule has 0 aliphatic carbocycles. The molecule has 2 rings (SSSR count). The Hall–Kier alpha value is -2.13. The Kier molecular flexibility index (Phi) is 7.82. The molecular weight excluding hydrogens is 378 g/mol. The summed E-state index contributed by atoms with van der Waals surface area (Å²) in [4.78, 5) is 18.6. The topological polar surface area (TPSA) is 94.1 Å². The van der Waals surface area contributed by atoms with E-state index in [9.17, 15) is 13.2 Å². The summed E-state index contributed by atoms with van der Waals surface area (Å²) in [5.74, 6) is 0.877. The van der Waals surface area contributed by atoms with Gasteiger partial charge in [-0.05, 0) is 31.0 Å². The van der Waals surface area contributed by atoms with Crippen molar-refractivity contribution >= 4 is 21.9 Å². The molecule has 1 aliphatic rings. The summed E-state index contributed by atoms with van der Waals surface area (Å²) in [6.07, 6.45) is 1.42. The van der Waals surface area contributed by atoms with Gasteiger partial charge in [0.1, 0.15) is 0 Å². The molecule has 1 saturated heterocycles. The molecule has 0 aromatic heterocycles. The van der Waals surface area contributed by atoms with Gasteiger partial charge >= 0.3 is 0 Å². The van der Waals surface area contributed by atoms with Crippen LogP contribution in [0.4, 0.5) is 0 Å². The standard InChI is InChI=1S/C19H31N5O3S/c1-5-18(25)24-12-11-16(14-24)22-19(20-6-2)21-13-15-7-9-17(10-8-15)28(26,27)23(3)4/h7-10,16H,5-6,11-14H2,1-4H3,(H2,20,21,22). The third-order valence-corrected chi connectivity index (χ3v) is 6.48. The van der Waals surface area contributed by atoms with Crippen molar-refractivity contribution in [3.63, 3.8) is 0 Å². The van der Waals surface area contributed by atoms with Crippen LogP contribution in [-0.2, 0) is 21.4 Å². The van der Waals surface area contributed by atoms with E-state index in [1.165, 1.54) is 18.4 Å². The summed E-state index contributed by atoms with van der Waals surface area (Å²) in [6, 6.07) is 6.94. The molecule has 28 heavy (non-hydrogen) atoms. The number of amides is 1. The van der Waals surface area contributed by atoms with Crippen molar-refractivity contribution in [1.29, 1.82) is 0 Å². The van der Waals surface area contributed by atoms with Gasteiger partial charge in [0, 0.05) is 46.2 Å². The van der Waals surface area contributed by atoms with Crippen molar-refractivity contribution in [3.8, 4) is 0 Å². The molecule has 1 aromatic carbocycles. The maximum Gasteiger partial charge on any atom is 0.242 e. The first-order valence-electron chi connectivity index (χ1n) is 9.62. The largest absolute Gasteiger partial charge is 0.357 e. The predicted octanol–water partition coefficient (Wildman–Crippen LogP) is 1.00. The van der Waals surface area contributed by atoms with E-state index in [4.69, 9.17) is 0 Å². The zero-order valence-corrected chi connectivity index (χ0v) is 17.9. The van der Waals surface area contributed by atoms with Gasteiger partial charge in [0.25, 0.3) is 0 Å². The fourth-order valence-corrected chi connectivity index (χ4v) is 3.89. The Balaban J connectivity index is 2.00. The quantitative estimate of drug-likeness (QED) is 0.518. The summed E-state index contributed by atoms with van der Waals surface area (Å²) in [5.41, 5.74) is 0.920. The van der Waals surface area contributed by atoms with Crippen LogP contribution in [-0.4, -0.2) is 69.3 Å². The van der Waals surface area contributed by atoms with E-state index in [1.807, 2.05) is 18.7 Å². The number of nitrogens with zero attached hydrogens (tertiary/aromatic N) is 3. The average Bonchev–Trinajstić information content (AvgIpc) is 3.14. The Bertz CT molecular complexity index is 790. The maximum absolute atomic E-state index is 12.1. The second-order valence-electron chi connectivity index (χ2n) is 6.95. The van der Waals surface area contributed by atoms with Crippen LogP contribution in [0, 0.1) is 0 Å². The summed E-state index contributed by atoms with van der Waals surface area (Å²) in [5, 5.41) is 6.61. The Morgan fingerprint density at radius 1 is 1.25 bits per heavy atom. The fourth-order valence-electron chi connectivity index (χ4n) is 2.99. The van der Waals surface area contributed by atoms with Gasteiger partial charge in [-0.15, -0.1) is 0 Å². The minimum atomic E-state index is -3.42. The van der Waals surface area contributed by atoms with Gasteiger partial charge < -0.3 is 15.5 Å². The molecular formula is C19H31N5O3S. The number of carbonyl (C=O) groups is 1. The summed E-state index contributed by atoms with van der Waals surface area (Å²) in [7, 11) is -0.395. The van der Waals surface area contributed by atoms with Crippen molar-refractivity contribution in [2.24, 2.45) is 4.99 Å². The van der Waals surface area contributed by atoms with Gasteiger partial charge in [-0.3, -0.25) is 4.79 Å². The van der Waals surface area contributed by atoms with E-state index in [0.29, 0.717) is 25.5 Å². The van der Waals surface area contributed by atoms with Crippen LogP contribution >= 0.6 is 0 Å². The molecule has 1 amide bonds. The lowest BCUT2D eigenvalue weighted by atomic mass is 10.2. The van der Waals surface area contributed by atoms with Crippen LogP contribution in [0.5, 0.6) is 0 Å². The number of hydrogen-bond acceptors (Lipinski definition) is 4. The molecule has 0 bridgehead atoms. The lowest BCUT2D eigenvalue weighted by Gasteiger charge is -2.18. The highest BCUT2D eigenvalue weighted by Gasteiger charge is 2.25. The Morgan fingerprint density at radius 3 is 2.50 bits per heavy atom. The number of benzene rings is 1. The average molecular weight is 410 g/mol. The molecule has 0 saturated carbocycles. The zero-order chi connectivity index (χ0) is 20.7. The van der Waals surface area contributed by atoms with E-state index in [1.54, 1.807) is 24.3 Å². The molecule has 1 fully saturated rings. The van der Waals surface area contributed by atoms with Crippen LogP contribution < -0.4 is 10.6 Å². The zero-order valence-electron chi connectivity index (χ0n) is 17.1. The lowest BCUT2D eigenvalue weighted by molar-refractivity contribution is -0.129. The van der Waals surface area contributed by atoms with Gasteiger partial charge in [0.15, 0.2) is 5.96 Å². The second kappa shape index (κ2) is 9.88. The van der Waals surface area contributed by atoms with Crippen LogP contribution in [0.3, 0.4) is 0 Å². The molecule has 1 heterocycles. The molecule has 1 aliphatic heterocycles. The van der Waals surface area contributed by atoms with Gasteiger partial charge in [0.2, 0.25) is 15.9 Å². The molecule has 1 aromatic rings. The highest BCUT2D eigenvalue weighted by atomic mass is 32.2. The summed E-state index contributed by atoms with van der Waals surface area (Å²) < 4.78 is 25.5. The number of rotatable bonds is 7. The van der Waals surface area contributed by atoms with Crippen molar-refractivity contribution in [3.05, 3.63) is 29.8 Å². The second-order valence-corrected chi connectivity index (χ2v) is 9.10. The van der Waals surface area contributed by atoms with E-state index in [-0.39, 0.29) is 16.8 Å². The van der Waals surface area contributed by atoms with Crippen LogP contribution in [0.2, 0.25) is 0 Å². The van der Waals surface area contributed by atoms with E-state index >= 15 is 0 Å². The molecule has 1 unspecified atom stereocenters. The van der Waals surface area contributed by atoms with Crippen molar-refractivity contribution in [1.82, 2.24) is 19.8 Å². The molecule has 0 radical (unpaired) electrons. The smallest absolute Gasteiger partial charge is 0.242 e. The summed E-state index contributed by atoms with van der Waals surface area (Å²) in [6.45, 7) is 6.50. The maximum atomic E-state index is 12.1. The van der Waals surface area contributed by atoms with Gasteiger partial charge in [-0.25, -0.2) is 17.7 Å². The third-order valence-electron chi connectivity index (χ3n) is 4.65. The van der Waals surface area contributed by atoms with Gasteiger partial charge in [-0.2, -0.15) is 0 Å². The first-order chi connectivity index (χ1) is 13.3. The molecule has 8 nitrogen and oxygen atoms in total. The third kappa shape index (κ3) is 5.68. The Labute approximate surface area is 168 Å². The number of guanidine groups is 1. The molecule has 156 valence electrons. The number of nitrogens with one attached hydrogen (secondary N) is 2. The molecule has 2 N–H and O–H groups in total. The van der Waals surface area contributed by atoms with Gasteiger partial charge in [-0.1, -0.05) is 19.1 Å². The molecule has 9 heteroatoms. The minimum Gasteiger partial charge on any atom is -0.357 e.